The van der Waals surface area contributed by atoms with Crippen LogP contribution in [0.5, 0.6) is 0 Å². The van der Waals surface area contributed by atoms with Crippen molar-refractivity contribution >= 4 is 15.9 Å². The summed E-state index contributed by atoms with van der Waals surface area (Å²) in [5.74, 6) is 0.677. The molecule has 0 aliphatic rings. The third kappa shape index (κ3) is 8.30. The van der Waals surface area contributed by atoms with Gasteiger partial charge in [-0.2, -0.15) is 0 Å². The molecular weight excluding hydrogens is 208 g/mol. The van der Waals surface area contributed by atoms with Gasteiger partial charge in [0, 0.05) is 11.9 Å². The molecule has 0 bridgehead atoms. The summed E-state index contributed by atoms with van der Waals surface area (Å²) in [6.45, 7) is 5.51. The molecule has 0 saturated carbocycles. The van der Waals surface area contributed by atoms with Crippen molar-refractivity contribution in [2.75, 3.05) is 18.5 Å². The average Bonchev–Trinajstić information content (AvgIpc) is 1.97. The fraction of sp³-hybridized carbons (Fsp3) is 1.00. The van der Waals surface area contributed by atoms with Crippen LogP contribution in [-0.2, 0) is 4.74 Å². The maximum Gasteiger partial charge on any atom is 0.0870 e. The van der Waals surface area contributed by atoms with Crippen molar-refractivity contribution in [1.82, 2.24) is 0 Å². The Kier molecular flexibility index (Phi) is 7.33. The van der Waals surface area contributed by atoms with Crippen LogP contribution in [0.25, 0.3) is 0 Å². The van der Waals surface area contributed by atoms with E-state index in [2.05, 4.69) is 29.8 Å². The highest BCUT2D eigenvalue weighted by Crippen LogP contribution is 1.99. The summed E-state index contributed by atoms with van der Waals surface area (Å²) in [5, 5.41) is 9.64. The van der Waals surface area contributed by atoms with E-state index in [1.807, 2.05) is 0 Å². The molecule has 68 valence electrons. The lowest BCUT2D eigenvalue weighted by atomic mass is 10.1. The molecule has 1 N–H and O–H groups in total. The molecule has 0 aromatic carbocycles. The van der Waals surface area contributed by atoms with Gasteiger partial charge in [0.05, 0.1) is 12.7 Å². The van der Waals surface area contributed by atoms with E-state index >= 15 is 0 Å². The smallest absolute Gasteiger partial charge is 0.0870 e. The highest BCUT2D eigenvalue weighted by atomic mass is 79.9. The van der Waals surface area contributed by atoms with Crippen molar-refractivity contribution in [2.45, 2.75) is 26.4 Å². The predicted molar refractivity (Wildman–Crippen MR) is 50.1 cm³/mol. The van der Waals surface area contributed by atoms with E-state index in [1.54, 1.807) is 0 Å². The Bertz CT molecular complexity index is 86.2. The summed E-state index contributed by atoms with van der Waals surface area (Å²) in [5.41, 5.74) is 0. The summed E-state index contributed by atoms with van der Waals surface area (Å²) < 4.78 is 5.22. The fourth-order valence-electron chi connectivity index (χ4n) is 0.583. The number of hydrogen-bond donors (Lipinski definition) is 1. The van der Waals surface area contributed by atoms with Gasteiger partial charge in [0.2, 0.25) is 0 Å². The lowest BCUT2D eigenvalue weighted by Crippen LogP contribution is -2.17. The molecule has 0 spiro atoms. The van der Waals surface area contributed by atoms with Gasteiger partial charge in [-0.25, -0.2) is 0 Å². The molecule has 3 heteroatoms. The first-order valence-electron chi connectivity index (χ1n) is 3.98. The predicted octanol–water partition coefficient (Wildman–Crippen LogP) is 1.80. The molecule has 0 amide bonds. The number of hydrogen-bond acceptors (Lipinski definition) is 2. The molecule has 0 saturated heterocycles. The van der Waals surface area contributed by atoms with Gasteiger partial charge in [0.25, 0.3) is 0 Å². The van der Waals surface area contributed by atoms with E-state index in [9.17, 15) is 0 Å². The lowest BCUT2D eigenvalue weighted by molar-refractivity contribution is 0.0445. The first-order valence-corrected chi connectivity index (χ1v) is 5.10. The van der Waals surface area contributed by atoms with Crippen LogP contribution in [0.4, 0.5) is 0 Å². The van der Waals surface area contributed by atoms with E-state index in [0.29, 0.717) is 17.9 Å². The first kappa shape index (κ1) is 11.4. The van der Waals surface area contributed by atoms with E-state index in [0.717, 1.165) is 13.0 Å². The average molecular weight is 225 g/mol. The highest BCUT2D eigenvalue weighted by Gasteiger charge is 2.00. The second kappa shape index (κ2) is 7.07. The van der Waals surface area contributed by atoms with Crippen LogP contribution in [0.2, 0.25) is 0 Å². The van der Waals surface area contributed by atoms with Crippen LogP contribution in [0.1, 0.15) is 20.3 Å². The summed E-state index contributed by atoms with van der Waals surface area (Å²) >= 11 is 3.17. The van der Waals surface area contributed by atoms with Crippen molar-refractivity contribution in [1.29, 1.82) is 0 Å². The Morgan fingerprint density at radius 3 is 2.55 bits per heavy atom. The van der Waals surface area contributed by atoms with Gasteiger partial charge in [-0.3, -0.25) is 0 Å². The number of rotatable bonds is 6. The standard InChI is InChI=1S/C8H17BrO2/c1-7(2)3-4-11-6-8(10)5-9/h7-8,10H,3-6H2,1-2H3. The minimum absolute atomic E-state index is 0.359. The van der Waals surface area contributed by atoms with Crippen LogP contribution in [0, 0.1) is 5.92 Å². The molecule has 1 atom stereocenters. The van der Waals surface area contributed by atoms with E-state index < -0.39 is 0 Å². The maximum absolute atomic E-state index is 9.05. The summed E-state index contributed by atoms with van der Waals surface area (Å²) in [6, 6.07) is 0. The van der Waals surface area contributed by atoms with Crippen LogP contribution < -0.4 is 0 Å². The lowest BCUT2D eigenvalue weighted by Gasteiger charge is -2.08. The Morgan fingerprint density at radius 2 is 2.09 bits per heavy atom. The zero-order valence-electron chi connectivity index (χ0n) is 7.22. The Balaban J connectivity index is 3.01. The van der Waals surface area contributed by atoms with Gasteiger partial charge in [0.15, 0.2) is 0 Å². The molecule has 0 aromatic heterocycles. The van der Waals surface area contributed by atoms with Gasteiger partial charge in [-0.05, 0) is 12.3 Å². The van der Waals surface area contributed by atoms with Gasteiger partial charge in [0.1, 0.15) is 0 Å². The van der Waals surface area contributed by atoms with Crippen LogP contribution in [0.3, 0.4) is 0 Å². The SMILES string of the molecule is CC(C)CCOCC(O)CBr. The Labute approximate surface area is 77.1 Å². The van der Waals surface area contributed by atoms with Crippen LogP contribution in [0.15, 0.2) is 0 Å². The fourth-order valence-corrected chi connectivity index (χ4v) is 0.770. The molecule has 0 rings (SSSR count). The number of aliphatic hydroxyl groups is 1. The molecule has 0 aliphatic carbocycles. The van der Waals surface area contributed by atoms with E-state index in [-0.39, 0.29) is 6.10 Å². The largest absolute Gasteiger partial charge is 0.390 e. The van der Waals surface area contributed by atoms with Crippen molar-refractivity contribution in [2.24, 2.45) is 5.92 Å². The number of aliphatic hydroxyl groups excluding tert-OH is 1. The summed E-state index contributed by atoms with van der Waals surface area (Å²) in [7, 11) is 0. The minimum Gasteiger partial charge on any atom is -0.390 e. The van der Waals surface area contributed by atoms with Gasteiger partial charge < -0.3 is 9.84 Å². The molecule has 1 unspecified atom stereocenters. The normalized spacial score (nSPS) is 13.9. The Morgan fingerprint density at radius 1 is 1.45 bits per heavy atom. The van der Waals surface area contributed by atoms with E-state index in [1.165, 1.54) is 0 Å². The van der Waals surface area contributed by atoms with Gasteiger partial charge >= 0.3 is 0 Å². The second-order valence-corrected chi connectivity index (χ2v) is 3.71. The monoisotopic (exact) mass is 224 g/mol. The topological polar surface area (TPSA) is 29.5 Å². The highest BCUT2D eigenvalue weighted by molar-refractivity contribution is 9.09. The molecule has 0 radical (unpaired) electrons. The van der Waals surface area contributed by atoms with Crippen molar-refractivity contribution in [3.63, 3.8) is 0 Å². The molecule has 0 fully saturated rings. The first-order chi connectivity index (χ1) is 5.16. The zero-order valence-corrected chi connectivity index (χ0v) is 8.80. The molecule has 0 aliphatic heterocycles. The molecular formula is C8H17BrO2. The summed E-state index contributed by atoms with van der Waals surface area (Å²) in [4.78, 5) is 0. The quantitative estimate of drug-likeness (QED) is 0.551. The third-order valence-corrected chi connectivity index (χ3v) is 2.08. The maximum atomic E-state index is 9.05. The number of halogens is 1. The molecule has 11 heavy (non-hydrogen) atoms. The minimum atomic E-state index is -0.359. The van der Waals surface area contributed by atoms with Gasteiger partial charge in [-0.15, -0.1) is 0 Å². The molecule has 0 aromatic rings. The van der Waals surface area contributed by atoms with Crippen molar-refractivity contribution < 1.29 is 9.84 Å². The van der Waals surface area contributed by atoms with Gasteiger partial charge in [-0.1, -0.05) is 29.8 Å². The number of alkyl halides is 1. The Hall–Kier alpha value is 0.400. The second-order valence-electron chi connectivity index (χ2n) is 3.07. The van der Waals surface area contributed by atoms with Crippen LogP contribution in [-0.4, -0.2) is 29.8 Å². The van der Waals surface area contributed by atoms with Crippen molar-refractivity contribution in [3.05, 3.63) is 0 Å². The summed E-state index contributed by atoms with van der Waals surface area (Å²) in [6.07, 6.45) is 0.705. The third-order valence-electron chi connectivity index (χ3n) is 1.33. The molecule has 2 nitrogen and oxygen atoms in total. The van der Waals surface area contributed by atoms with E-state index in [4.69, 9.17) is 9.84 Å². The van der Waals surface area contributed by atoms with Crippen molar-refractivity contribution in [3.8, 4) is 0 Å². The van der Waals surface area contributed by atoms with Crippen LogP contribution >= 0.6 is 15.9 Å². The zero-order chi connectivity index (χ0) is 8.69. The molecule has 0 heterocycles. The number of ether oxygens (including phenoxy) is 1.